The third kappa shape index (κ3) is 4.34. The van der Waals surface area contributed by atoms with Crippen molar-refractivity contribution in [1.82, 2.24) is 9.78 Å². The lowest BCUT2D eigenvalue weighted by atomic mass is 10.1. The first kappa shape index (κ1) is 21.8. The van der Waals surface area contributed by atoms with Crippen LogP contribution in [0.4, 0.5) is 0 Å². The van der Waals surface area contributed by atoms with E-state index in [0.717, 1.165) is 12.7 Å². The molecule has 4 N–H and O–H groups in total. The fraction of sp³-hybridized carbons (Fsp3) is 0.429. The molecular weight excluding hydrogens is 406 g/mol. The number of amides is 1. The average Bonchev–Trinajstić information content (AvgIpc) is 3.31. The minimum Gasteiger partial charge on any atom is -0.396 e. The van der Waals surface area contributed by atoms with E-state index in [1.165, 1.54) is 17.8 Å². The Hall–Kier alpha value is -2.85. The summed E-state index contributed by atoms with van der Waals surface area (Å²) in [5, 5.41) is 24.4. The molecule has 0 aliphatic heterocycles. The van der Waals surface area contributed by atoms with E-state index in [4.69, 9.17) is 10.8 Å². The van der Waals surface area contributed by atoms with Gasteiger partial charge < -0.3 is 15.9 Å². The molecule has 1 fully saturated rings. The van der Waals surface area contributed by atoms with Crippen LogP contribution in [0.25, 0.3) is 10.9 Å². The Morgan fingerprint density at radius 1 is 1.43 bits per heavy atom. The highest BCUT2D eigenvalue weighted by Crippen LogP contribution is 2.36. The van der Waals surface area contributed by atoms with E-state index in [9.17, 15) is 18.3 Å². The van der Waals surface area contributed by atoms with Crippen LogP contribution >= 0.6 is 0 Å². The predicted octanol–water partition coefficient (Wildman–Crippen LogP) is 0.189. The minimum atomic E-state index is -3.85. The summed E-state index contributed by atoms with van der Waals surface area (Å²) in [6.45, 7) is 1.35. The molecule has 4 atom stereocenters. The van der Waals surface area contributed by atoms with Crippen LogP contribution in [0.2, 0.25) is 0 Å². The molecule has 0 radical (unpaired) electrons. The number of primary amides is 1. The molecular formula is C21H23N3O5S. The van der Waals surface area contributed by atoms with Gasteiger partial charge in [0.1, 0.15) is 6.23 Å². The molecule has 158 valence electrons. The van der Waals surface area contributed by atoms with Gasteiger partial charge in [-0.25, -0.2) is 13.1 Å². The standard InChI is InChI=1S/C21H23N3O5S/c1-21(20(22)27,30(2,28)29)11-19(26)24-18-8-7-14(9-16(18)12-23-24)5-3-4-6-15-10-17(15)13-25/h7-9,12,15,17,19,25-26H,10-11,13H2,1-2H3,(H2,22,27)/t15-,17+,19?,21?/m1/s1. The molecule has 1 saturated carbocycles. The van der Waals surface area contributed by atoms with Crippen LogP contribution in [-0.2, 0) is 14.6 Å². The van der Waals surface area contributed by atoms with Crippen molar-refractivity contribution in [3.63, 3.8) is 0 Å². The van der Waals surface area contributed by atoms with Crippen molar-refractivity contribution >= 4 is 26.6 Å². The minimum absolute atomic E-state index is 0.155. The summed E-state index contributed by atoms with van der Waals surface area (Å²) < 4.78 is 23.4. The van der Waals surface area contributed by atoms with E-state index < -0.39 is 33.1 Å². The van der Waals surface area contributed by atoms with Gasteiger partial charge >= 0.3 is 0 Å². The number of hydrogen-bond donors (Lipinski definition) is 3. The van der Waals surface area contributed by atoms with E-state index in [2.05, 4.69) is 28.8 Å². The van der Waals surface area contributed by atoms with Crippen LogP contribution < -0.4 is 5.73 Å². The molecule has 8 nitrogen and oxygen atoms in total. The van der Waals surface area contributed by atoms with Gasteiger partial charge in [0.2, 0.25) is 5.91 Å². The highest BCUT2D eigenvalue weighted by atomic mass is 32.2. The van der Waals surface area contributed by atoms with Gasteiger partial charge in [0.25, 0.3) is 0 Å². The van der Waals surface area contributed by atoms with Crippen LogP contribution in [0.5, 0.6) is 0 Å². The first-order valence-electron chi connectivity index (χ1n) is 9.34. The molecule has 1 aliphatic carbocycles. The summed E-state index contributed by atoms with van der Waals surface area (Å²) in [5.41, 5.74) is 6.56. The summed E-state index contributed by atoms with van der Waals surface area (Å²) >= 11 is 0. The Balaban J connectivity index is 1.80. The number of aliphatic hydroxyl groups excluding tert-OH is 2. The average molecular weight is 429 g/mol. The number of rotatable bonds is 6. The zero-order valence-corrected chi connectivity index (χ0v) is 17.5. The lowest BCUT2D eigenvalue weighted by molar-refractivity contribution is -0.121. The summed E-state index contributed by atoms with van der Waals surface area (Å²) in [6, 6.07) is 5.21. The van der Waals surface area contributed by atoms with Crippen molar-refractivity contribution in [2.24, 2.45) is 17.6 Å². The molecule has 2 aromatic rings. The molecule has 1 aliphatic rings. The van der Waals surface area contributed by atoms with Gasteiger partial charge in [-0.1, -0.05) is 11.8 Å². The van der Waals surface area contributed by atoms with Crippen LogP contribution in [0.15, 0.2) is 24.4 Å². The number of carbonyl (C=O) groups excluding carboxylic acids is 1. The van der Waals surface area contributed by atoms with Crippen molar-refractivity contribution < 1.29 is 23.4 Å². The molecule has 0 bridgehead atoms. The van der Waals surface area contributed by atoms with Gasteiger partial charge in [0, 0.05) is 36.2 Å². The van der Waals surface area contributed by atoms with E-state index in [1.54, 1.807) is 18.2 Å². The van der Waals surface area contributed by atoms with Crippen molar-refractivity contribution in [2.75, 3.05) is 12.9 Å². The lowest BCUT2D eigenvalue weighted by Crippen LogP contribution is -2.49. The predicted molar refractivity (Wildman–Crippen MR) is 111 cm³/mol. The Morgan fingerprint density at radius 2 is 2.17 bits per heavy atom. The van der Waals surface area contributed by atoms with Crippen molar-refractivity contribution in [2.45, 2.75) is 30.7 Å². The molecule has 0 saturated heterocycles. The Labute approximate surface area is 175 Å². The number of carbonyl (C=O) groups is 1. The van der Waals surface area contributed by atoms with Gasteiger partial charge in [-0.05, 0) is 49.3 Å². The zero-order valence-electron chi connectivity index (χ0n) is 16.7. The van der Waals surface area contributed by atoms with Gasteiger partial charge in [-0.3, -0.25) is 4.79 Å². The maximum absolute atomic E-state index is 12.0. The number of benzene rings is 1. The maximum Gasteiger partial charge on any atom is 0.238 e. The molecule has 0 spiro atoms. The summed E-state index contributed by atoms with van der Waals surface area (Å²) in [7, 11) is -3.85. The van der Waals surface area contributed by atoms with E-state index >= 15 is 0 Å². The van der Waals surface area contributed by atoms with Gasteiger partial charge in [0.05, 0.1) is 11.7 Å². The first-order valence-corrected chi connectivity index (χ1v) is 11.2. The van der Waals surface area contributed by atoms with Crippen molar-refractivity contribution in [3.05, 3.63) is 30.0 Å². The molecule has 1 aromatic heterocycles. The monoisotopic (exact) mass is 429 g/mol. The number of aliphatic hydroxyl groups is 2. The molecule has 1 amide bonds. The molecule has 3 rings (SSSR count). The summed E-state index contributed by atoms with van der Waals surface area (Å²) in [6.07, 6.45) is 1.55. The largest absolute Gasteiger partial charge is 0.396 e. The number of nitrogens with two attached hydrogens (primary N) is 1. The molecule has 2 unspecified atom stereocenters. The topological polar surface area (TPSA) is 136 Å². The number of nitrogens with zero attached hydrogens (tertiary/aromatic N) is 2. The second-order valence-corrected chi connectivity index (χ2v) is 10.2. The van der Waals surface area contributed by atoms with Crippen LogP contribution in [0, 0.1) is 35.5 Å². The number of fused-ring (bicyclic) bond motifs is 1. The third-order valence-electron chi connectivity index (χ3n) is 5.47. The second-order valence-electron chi connectivity index (χ2n) is 7.72. The van der Waals surface area contributed by atoms with Crippen molar-refractivity contribution in [3.8, 4) is 23.7 Å². The highest BCUT2D eigenvalue weighted by molar-refractivity contribution is 7.92. The van der Waals surface area contributed by atoms with Crippen molar-refractivity contribution in [1.29, 1.82) is 0 Å². The molecule has 1 aromatic carbocycles. The Bertz CT molecular complexity index is 1210. The second kappa shape index (κ2) is 8.11. The highest BCUT2D eigenvalue weighted by Gasteiger charge is 2.44. The number of hydrogen-bond acceptors (Lipinski definition) is 6. The van der Waals surface area contributed by atoms with Crippen LogP contribution in [0.3, 0.4) is 0 Å². The van der Waals surface area contributed by atoms with Gasteiger partial charge in [-0.2, -0.15) is 5.10 Å². The Morgan fingerprint density at radius 3 is 2.77 bits per heavy atom. The smallest absolute Gasteiger partial charge is 0.238 e. The Kier molecular flexibility index (Phi) is 5.91. The zero-order chi connectivity index (χ0) is 22.1. The van der Waals surface area contributed by atoms with Crippen LogP contribution in [0.1, 0.15) is 31.6 Å². The third-order valence-corrected chi connectivity index (χ3v) is 7.48. The SMILES string of the molecule is CC(CC(O)n1ncc2cc(C#CC#C[C@@H]3C[C@H]3CO)ccc21)(C(N)=O)S(C)(=O)=O. The molecule has 9 heteroatoms. The number of sulfone groups is 1. The molecule has 1 heterocycles. The van der Waals surface area contributed by atoms with Crippen LogP contribution in [-0.4, -0.2) is 51.9 Å². The molecule has 30 heavy (non-hydrogen) atoms. The normalized spacial score (nSPS) is 20.9. The lowest BCUT2D eigenvalue weighted by Gasteiger charge is -2.26. The van der Waals surface area contributed by atoms with E-state index in [-0.39, 0.29) is 18.4 Å². The van der Waals surface area contributed by atoms with E-state index in [0.29, 0.717) is 16.5 Å². The summed E-state index contributed by atoms with van der Waals surface area (Å²) in [5.74, 6) is 11.0. The fourth-order valence-electron chi connectivity index (χ4n) is 3.10. The summed E-state index contributed by atoms with van der Waals surface area (Å²) in [4.78, 5) is 11.8. The van der Waals surface area contributed by atoms with Gasteiger partial charge in [-0.15, -0.1) is 0 Å². The maximum atomic E-state index is 12.0. The van der Waals surface area contributed by atoms with E-state index in [1.807, 2.05) is 0 Å². The number of aromatic nitrogens is 2. The van der Waals surface area contributed by atoms with Gasteiger partial charge in [0.15, 0.2) is 14.6 Å². The quantitative estimate of drug-likeness (QED) is 0.561. The first-order chi connectivity index (χ1) is 14.1. The fourth-order valence-corrected chi connectivity index (χ4v) is 3.91.